The molecule has 2 rings (SSSR count). The third-order valence-corrected chi connectivity index (χ3v) is 4.70. The van der Waals surface area contributed by atoms with E-state index in [0.717, 1.165) is 18.2 Å². The van der Waals surface area contributed by atoms with Crippen LogP contribution < -0.4 is 15.5 Å². The van der Waals surface area contributed by atoms with Crippen molar-refractivity contribution in [3.05, 3.63) is 47.3 Å². The number of likely N-dealkylation sites (N-methyl/N-ethyl adjacent to an activating group) is 1. The molecule has 1 aromatic carbocycles. The van der Waals surface area contributed by atoms with E-state index in [0.29, 0.717) is 12.6 Å². The van der Waals surface area contributed by atoms with Gasteiger partial charge in [0.1, 0.15) is 0 Å². The fourth-order valence-corrected chi connectivity index (χ4v) is 2.76. The SMILES string of the molecule is CN=C(NCc1c(C)nn(C)c1C)NCC(C)N(C)c1ccccc1. The molecule has 0 radical (unpaired) electrons. The van der Waals surface area contributed by atoms with Crippen LogP contribution in [0.5, 0.6) is 0 Å². The van der Waals surface area contributed by atoms with Gasteiger partial charge in [0.25, 0.3) is 0 Å². The van der Waals surface area contributed by atoms with Crippen LogP contribution in [0.4, 0.5) is 5.69 Å². The van der Waals surface area contributed by atoms with Gasteiger partial charge in [-0.25, -0.2) is 0 Å². The van der Waals surface area contributed by atoms with E-state index in [9.17, 15) is 0 Å². The molecule has 0 saturated carbocycles. The van der Waals surface area contributed by atoms with Crippen molar-refractivity contribution in [2.45, 2.75) is 33.4 Å². The first-order valence-corrected chi connectivity index (χ1v) is 8.65. The first kappa shape index (κ1) is 18.8. The van der Waals surface area contributed by atoms with Crippen molar-refractivity contribution in [3.8, 4) is 0 Å². The summed E-state index contributed by atoms with van der Waals surface area (Å²) in [5, 5.41) is 11.2. The molecule has 6 heteroatoms. The quantitative estimate of drug-likeness (QED) is 0.624. The number of rotatable bonds is 6. The van der Waals surface area contributed by atoms with Crippen LogP contribution in [0.1, 0.15) is 23.9 Å². The number of hydrogen-bond acceptors (Lipinski definition) is 3. The summed E-state index contributed by atoms with van der Waals surface area (Å²) >= 11 is 0. The summed E-state index contributed by atoms with van der Waals surface area (Å²) in [4.78, 5) is 6.58. The number of nitrogens with one attached hydrogen (secondary N) is 2. The van der Waals surface area contributed by atoms with Gasteiger partial charge in [-0.2, -0.15) is 5.10 Å². The van der Waals surface area contributed by atoms with Crippen LogP contribution in [-0.2, 0) is 13.6 Å². The second-order valence-electron chi connectivity index (χ2n) is 6.38. The lowest BCUT2D eigenvalue weighted by molar-refractivity contribution is 0.648. The molecule has 0 aliphatic rings. The van der Waals surface area contributed by atoms with Crippen molar-refractivity contribution < 1.29 is 0 Å². The van der Waals surface area contributed by atoms with Gasteiger partial charge in [0, 0.05) is 57.2 Å². The van der Waals surface area contributed by atoms with Crippen LogP contribution in [0.2, 0.25) is 0 Å². The van der Waals surface area contributed by atoms with Gasteiger partial charge >= 0.3 is 0 Å². The zero-order valence-corrected chi connectivity index (χ0v) is 16.2. The highest BCUT2D eigenvalue weighted by molar-refractivity contribution is 5.79. The minimum absolute atomic E-state index is 0.336. The third-order valence-electron chi connectivity index (χ3n) is 4.70. The third kappa shape index (κ3) is 4.75. The average Bonchev–Trinajstić information content (AvgIpc) is 2.87. The van der Waals surface area contributed by atoms with Gasteiger partial charge in [0.2, 0.25) is 0 Å². The van der Waals surface area contributed by atoms with Crippen LogP contribution in [-0.4, -0.2) is 42.4 Å². The minimum atomic E-state index is 0.336. The highest BCUT2D eigenvalue weighted by Gasteiger charge is 2.12. The van der Waals surface area contributed by atoms with E-state index < -0.39 is 0 Å². The zero-order chi connectivity index (χ0) is 18.4. The number of guanidine groups is 1. The molecule has 1 aromatic heterocycles. The normalized spacial score (nSPS) is 12.8. The molecule has 0 aliphatic heterocycles. The van der Waals surface area contributed by atoms with Crippen LogP contribution in [0.3, 0.4) is 0 Å². The molecule has 0 saturated heterocycles. The smallest absolute Gasteiger partial charge is 0.191 e. The largest absolute Gasteiger partial charge is 0.370 e. The first-order valence-electron chi connectivity index (χ1n) is 8.65. The van der Waals surface area contributed by atoms with Gasteiger partial charge in [-0.15, -0.1) is 0 Å². The van der Waals surface area contributed by atoms with Gasteiger partial charge < -0.3 is 15.5 Å². The number of aromatic nitrogens is 2. The molecule has 1 atom stereocenters. The molecule has 2 N–H and O–H groups in total. The maximum absolute atomic E-state index is 4.46. The number of hydrogen-bond donors (Lipinski definition) is 2. The lowest BCUT2D eigenvalue weighted by Gasteiger charge is -2.27. The number of anilines is 1. The Hall–Kier alpha value is -2.50. The number of para-hydroxylation sites is 1. The number of aliphatic imine (C=N–C) groups is 1. The van der Waals surface area contributed by atoms with Crippen LogP contribution in [0.15, 0.2) is 35.3 Å². The van der Waals surface area contributed by atoms with Crippen LogP contribution >= 0.6 is 0 Å². The van der Waals surface area contributed by atoms with Crippen molar-refractivity contribution in [1.29, 1.82) is 0 Å². The Bertz CT molecular complexity index is 704. The summed E-state index contributed by atoms with van der Waals surface area (Å²) in [7, 11) is 5.88. The standard InChI is InChI=1S/C19H30N6/c1-14(24(5)17-10-8-7-9-11-17)12-21-19(20-4)22-13-18-15(2)23-25(6)16(18)3/h7-11,14H,12-13H2,1-6H3,(H2,20,21,22). The minimum Gasteiger partial charge on any atom is -0.370 e. The Morgan fingerprint density at radius 3 is 2.48 bits per heavy atom. The topological polar surface area (TPSA) is 57.5 Å². The molecule has 0 amide bonds. The molecular formula is C19H30N6. The van der Waals surface area contributed by atoms with Crippen molar-refractivity contribution in [2.75, 3.05) is 25.5 Å². The second-order valence-corrected chi connectivity index (χ2v) is 6.38. The van der Waals surface area contributed by atoms with E-state index in [-0.39, 0.29) is 0 Å². The fourth-order valence-electron chi connectivity index (χ4n) is 2.76. The molecule has 1 unspecified atom stereocenters. The van der Waals surface area contributed by atoms with E-state index in [2.05, 4.69) is 70.8 Å². The van der Waals surface area contributed by atoms with Crippen molar-refractivity contribution in [1.82, 2.24) is 20.4 Å². The Morgan fingerprint density at radius 1 is 1.24 bits per heavy atom. The number of nitrogens with zero attached hydrogens (tertiary/aromatic N) is 4. The predicted molar refractivity (Wildman–Crippen MR) is 105 cm³/mol. The zero-order valence-electron chi connectivity index (χ0n) is 16.2. The first-order chi connectivity index (χ1) is 11.9. The molecule has 0 fully saturated rings. The Morgan fingerprint density at radius 2 is 1.92 bits per heavy atom. The van der Waals surface area contributed by atoms with E-state index in [4.69, 9.17) is 0 Å². The van der Waals surface area contributed by atoms with Crippen LogP contribution in [0.25, 0.3) is 0 Å². The highest BCUT2D eigenvalue weighted by Crippen LogP contribution is 2.13. The van der Waals surface area contributed by atoms with Crippen molar-refractivity contribution in [3.63, 3.8) is 0 Å². The maximum Gasteiger partial charge on any atom is 0.191 e. The fraction of sp³-hybridized carbons (Fsp3) is 0.474. The molecule has 6 nitrogen and oxygen atoms in total. The van der Waals surface area contributed by atoms with Gasteiger partial charge in [0.05, 0.1) is 5.69 Å². The molecule has 0 bridgehead atoms. The average molecular weight is 342 g/mol. The summed E-state index contributed by atoms with van der Waals surface area (Å²) in [6, 6.07) is 10.7. The summed E-state index contributed by atoms with van der Waals surface area (Å²) < 4.78 is 1.92. The highest BCUT2D eigenvalue weighted by atomic mass is 15.3. The maximum atomic E-state index is 4.46. The Balaban J connectivity index is 1.88. The van der Waals surface area contributed by atoms with Crippen molar-refractivity contribution in [2.24, 2.45) is 12.0 Å². The molecule has 2 aromatic rings. The van der Waals surface area contributed by atoms with Gasteiger partial charge in [0.15, 0.2) is 5.96 Å². The Labute approximate surface area is 151 Å². The lowest BCUT2D eigenvalue weighted by atomic mass is 10.2. The summed E-state index contributed by atoms with van der Waals surface area (Å²) in [5.74, 6) is 0.802. The molecule has 25 heavy (non-hydrogen) atoms. The molecule has 1 heterocycles. The molecule has 0 spiro atoms. The molecule has 136 valence electrons. The van der Waals surface area contributed by atoms with E-state index in [1.54, 1.807) is 7.05 Å². The van der Waals surface area contributed by atoms with Crippen LogP contribution in [0, 0.1) is 13.8 Å². The monoisotopic (exact) mass is 342 g/mol. The second kappa shape index (κ2) is 8.55. The molecule has 0 aliphatic carbocycles. The number of benzene rings is 1. The summed E-state index contributed by atoms with van der Waals surface area (Å²) in [6.45, 7) is 7.84. The molecular weight excluding hydrogens is 312 g/mol. The van der Waals surface area contributed by atoms with E-state index >= 15 is 0 Å². The van der Waals surface area contributed by atoms with E-state index in [1.807, 2.05) is 24.7 Å². The lowest BCUT2D eigenvalue weighted by Crippen LogP contribution is -2.44. The Kier molecular flexibility index (Phi) is 6.44. The van der Waals surface area contributed by atoms with Crippen molar-refractivity contribution >= 4 is 11.6 Å². The number of aryl methyl sites for hydroxylation is 2. The predicted octanol–water partition coefficient (Wildman–Crippen LogP) is 2.23. The summed E-state index contributed by atoms with van der Waals surface area (Å²) in [5.41, 5.74) is 4.67. The van der Waals surface area contributed by atoms with Gasteiger partial charge in [-0.1, -0.05) is 18.2 Å². The van der Waals surface area contributed by atoms with E-state index in [1.165, 1.54) is 16.9 Å². The van der Waals surface area contributed by atoms with Gasteiger partial charge in [-0.05, 0) is 32.9 Å². The van der Waals surface area contributed by atoms with Gasteiger partial charge in [-0.3, -0.25) is 9.67 Å². The summed E-state index contributed by atoms with van der Waals surface area (Å²) in [6.07, 6.45) is 0.